The van der Waals surface area contributed by atoms with Gasteiger partial charge in [-0.05, 0) is 42.2 Å². The lowest BCUT2D eigenvalue weighted by Crippen LogP contribution is -2.28. The van der Waals surface area contributed by atoms with Crippen molar-refractivity contribution >= 4 is 5.91 Å². The van der Waals surface area contributed by atoms with Gasteiger partial charge in [0.05, 0.1) is 18.2 Å². The molecule has 0 saturated carbocycles. The third kappa shape index (κ3) is 4.58. The number of halogens is 1. The maximum atomic E-state index is 13.4. The van der Waals surface area contributed by atoms with E-state index in [-0.39, 0.29) is 24.3 Å². The topological polar surface area (TPSA) is 68.3 Å². The van der Waals surface area contributed by atoms with Crippen molar-refractivity contribution in [1.29, 1.82) is 0 Å². The van der Waals surface area contributed by atoms with Gasteiger partial charge in [-0.1, -0.05) is 42.5 Å². The summed E-state index contributed by atoms with van der Waals surface area (Å²) in [6.45, 7) is 0.245. The SMILES string of the molecule is NCc1cc(C(=O)NC(CCc2cccc(F)c2)c2ccccc2)co1. The molecular weight excluding hydrogens is 331 g/mol. The van der Waals surface area contributed by atoms with Crippen molar-refractivity contribution in [2.75, 3.05) is 0 Å². The number of amides is 1. The first-order valence-electron chi connectivity index (χ1n) is 8.53. The Bertz CT molecular complexity index is 861. The van der Waals surface area contributed by atoms with Crippen molar-refractivity contribution in [3.05, 3.63) is 95.2 Å². The largest absolute Gasteiger partial charge is 0.467 e. The van der Waals surface area contributed by atoms with Crippen molar-refractivity contribution in [2.45, 2.75) is 25.4 Å². The third-order valence-electron chi connectivity index (χ3n) is 4.24. The summed E-state index contributed by atoms with van der Waals surface area (Å²) in [6, 6.07) is 17.7. The molecule has 3 rings (SSSR count). The molecule has 0 bridgehead atoms. The summed E-state index contributed by atoms with van der Waals surface area (Å²) in [6.07, 6.45) is 2.71. The number of benzene rings is 2. The first-order valence-corrected chi connectivity index (χ1v) is 8.53. The molecular formula is C21H21FN2O2. The normalized spacial score (nSPS) is 11.9. The van der Waals surface area contributed by atoms with E-state index in [0.717, 1.165) is 11.1 Å². The van der Waals surface area contributed by atoms with Crippen LogP contribution in [0, 0.1) is 5.82 Å². The lowest BCUT2D eigenvalue weighted by Gasteiger charge is -2.19. The van der Waals surface area contributed by atoms with Gasteiger partial charge in [0.15, 0.2) is 0 Å². The molecule has 0 saturated heterocycles. The minimum absolute atomic E-state index is 0.191. The number of hydrogen-bond donors (Lipinski definition) is 2. The summed E-state index contributed by atoms with van der Waals surface area (Å²) < 4.78 is 18.6. The number of hydrogen-bond acceptors (Lipinski definition) is 3. The number of rotatable bonds is 7. The standard InChI is InChI=1S/C21H21FN2O2/c22-18-8-4-5-15(11-18)9-10-20(16-6-2-1-3-7-16)24-21(25)17-12-19(13-23)26-14-17/h1-8,11-12,14,20H,9-10,13,23H2,(H,24,25). The van der Waals surface area contributed by atoms with Crippen molar-refractivity contribution in [3.63, 3.8) is 0 Å². The molecule has 1 amide bonds. The fraction of sp³-hybridized carbons (Fsp3) is 0.190. The van der Waals surface area contributed by atoms with Gasteiger partial charge >= 0.3 is 0 Å². The molecule has 1 aromatic heterocycles. The molecule has 0 aliphatic carbocycles. The van der Waals surface area contributed by atoms with E-state index in [2.05, 4.69) is 5.32 Å². The molecule has 4 nitrogen and oxygen atoms in total. The van der Waals surface area contributed by atoms with Crippen LogP contribution in [0.1, 0.15) is 39.7 Å². The molecule has 1 atom stereocenters. The van der Waals surface area contributed by atoms with Crippen LogP contribution >= 0.6 is 0 Å². The number of nitrogens with two attached hydrogens (primary N) is 1. The molecule has 0 fully saturated rings. The minimum Gasteiger partial charge on any atom is -0.467 e. The van der Waals surface area contributed by atoms with Crippen molar-refractivity contribution in [2.24, 2.45) is 5.73 Å². The van der Waals surface area contributed by atoms with E-state index in [0.29, 0.717) is 24.2 Å². The van der Waals surface area contributed by atoms with Crippen molar-refractivity contribution in [3.8, 4) is 0 Å². The highest BCUT2D eigenvalue weighted by Gasteiger charge is 2.17. The average molecular weight is 352 g/mol. The first kappa shape index (κ1) is 17.9. The Kier molecular flexibility index (Phi) is 5.81. The van der Waals surface area contributed by atoms with Gasteiger partial charge in [0.1, 0.15) is 17.8 Å². The molecule has 134 valence electrons. The molecule has 2 aromatic carbocycles. The van der Waals surface area contributed by atoms with E-state index < -0.39 is 0 Å². The summed E-state index contributed by atoms with van der Waals surface area (Å²) in [4.78, 5) is 12.6. The molecule has 3 aromatic rings. The lowest BCUT2D eigenvalue weighted by atomic mass is 9.98. The maximum absolute atomic E-state index is 13.4. The predicted molar refractivity (Wildman–Crippen MR) is 98.0 cm³/mol. The third-order valence-corrected chi connectivity index (χ3v) is 4.24. The van der Waals surface area contributed by atoms with E-state index >= 15 is 0 Å². The number of furan rings is 1. The molecule has 0 radical (unpaired) electrons. The highest BCUT2D eigenvalue weighted by molar-refractivity contribution is 5.94. The zero-order valence-corrected chi connectivity index (χ0v) is 14.3. The van der Waals surface area contributed by atoms with E-state index in [4.69, 9.17) is 10.2 Å². The van der Waals surface area contributed by atoms with E-state index in [1.54, 1.807) is 12.1 Å². The molecule has 1 heterocycles. The van der Waals surface area contributed by atoms with E-state index in [1.807, 2.05) is 36.4 Å². The second-order valence-corrected chi connectivity index (χ2v) is 6.11. The van der Waals surface area contributed by atoms with Gasteiger partial charge in [-0.25, -0.2) is 4.39 Å². The predicted octanol–water partition coefficient (Wildman–Crippen LogP) is 3.98. The zero-order chi connectivity index (χ0) is 18.4. The molecule has 0 spiro atoms. The quantitative estimate of drug-likeness (QED) is 0.676. The van der Waals surface area contributed by atoms with Gasteiger partial charge in [0, 0.05) is 0 Å². The lowest BCUT2D eigenvalue weighted by molar-refractivity contribution is 0.0934. The number of carbonyl (C=O) groups excluding carboxylic acids is 1. The summed E-state index contributed by atoms with van der Waals surface area (Å²) in [5.74, 6) is 0.0863. The van der Waals surface area contributed by atoms with Crippen molar-refractivity contribution in [1.82, 2.24) is 5.32 Å². The molecule has 0 aliphatic heterocycles. The minimum atomic E-state index is -0.254. The van der Waals surface area contributed by atoms with Gasteiger partial charge < -0.3 is 15.5 Å². The van der Waals surface area contributed by atoms with Crippen LogP contribution in [0.3, 0.4) is 0 Å². The van der Waals surface area contributed by atoms with E-state index in [9.17, 15) is 9.18 Å². The average Bonchev–Trinajstić information content (AvgIpc) is 3.15. The van der Waals surface area contributed by atoms with Gasteiger partial charge in [-0.3, -0.25) is 4.79 Å². The van der Waals surface area contributed by atoms with Crippen LogP contribution < -0.4 is 11.1 Å². The molecule has 26 heavy (non-hydrogen) atoms. The summed E-state index contributed by atoms with van der Waals surface area (Å²) in [7, 11) is 0. The number of carbonyl (C=O) groups is 1. The Morgan fingerprint density at radius 1 is 1.12 bits per heavy atom. The van der Waals surface area contributed by atoms with Crippen LogP contribution in [0.25, 0.3) is 0 Å². The molecule has 1 unspecified atom stereocenters. The highest BCUT2D eigenvalue weighted by atomic mass is 19.1. The van der Waals surface area contributed by atoms with Crippen LogP contribution in [0.2, 0.25) is 0 Å². The van der Waals surface area contributed by atoms with E-state index in [1.165, 1.54) is 18.4 Å². The Hall–Kier alpha value is -2.92. The van der Waals surface area contributed by atoms with Crippen LogP contribution in [-0.2, 0) is 13.0 Å². The molecule has 3 N–H and O–H groups in total. The van der Waals surface area contributed by atoms with Gasteiger partial charge in [-0.15, -0.1) is 0 Å². The van der Waals surface area contributed by atoms with Gasteiger partial charge in [-0.2, -0.15) is 0 Å². The Balaban J connectivity index is 1.74. The summed E-state index contributed by atoms with van der Waals surface area (Å²) in [5.41, 5.74) is 7.86. The van der Waals surface area contributed by atoms with Gasteiger partial charge in [0.25, 0.3) is 5.91 Å². The highest BCUT2D eigenvalue weighted by Crippen LogP contribution is 2.21. The van der Waals surface area contributed by atoms with Crippen LogP contribution in [0.15, 0.2) is 71.3 Å². The second kappa shape index (κ2) is 8.45. The Morgan fingerprint density at radius 2 is 1.92 bits per heavy atom. The summed E-state index contributed by atoms with van der Waals surface area (Å²) >= 11 is 0. The fourth-order valence-electron chi connectivity index (χ4n) is 2.86. The number of nitrogens with one attached hydrogen (secondary N) is 1. The van der Waals surface area contributed by atoms with Crippen molar-refractivity contribution < 1.29 is 13.6 Å². The first-order chi connectivity index (χ1) is 12.7. The zero-order valence-electron chi connectivity index (χ0n) is 14.3. The summed E-state index contributed by atoms with van der Waals surface area (Å²) in [5, 5.41) is 3.04. The molecule has 0 aliphatic rings. The number of aryl methyl sites for hydroxylation is 1. The van der Waals surface area contributed by atoms with Crippen LogP contribution in [0.4, 0.5) is 4.39 Å². The van der Waals surface area contributed by atoms with Gasteiger partial charge in [0.2, 0.25) is 0 Å². The fourth-order valence-corrected chi connectivity index (χ4v) is 2.86. The maximum Gasteiger partial charge on any atom is 0.255 e. The second-order valence-electron chi connectivity index (χ2n) is 6.11. The van der Waals surface area contributed by atoms with Crippen LogP contribution in [0.5, 0.6) is 0 Å². The van der Waals surface area contributed by atoms with Crippen LogP contribution in [-0.4, -0.2) is 5.91 Å². The Labute approximate surface area is 151 Å². The molecule has 5 heteroatoms. The smallest absolute Gasteiger partial charge is 0.255 e. The monoisotopic (exact) mass is 352 g/mol. The Morgan fingerprint density at radius 3 is 2.62 bits per heavy atom.